The molecule has 0 aliphatic carbocycles. The molecule has 1 atom stereocenters. The van der Waals surface area contributed by atoms with E-state index in [1.807, 2.05) is 0 Å². The molecule has 108 valence electrons. The van der Waals surface area contributed by atoms with E-state index < -0.39 is 16.5 Å². The normalized spacial score (nSPS) is 18.9. The maximum Gasteiger partial charge on any atom is 0.319 e. The van der Waals surface area contributed by atoms with Crippen LogP contribution in [0.15, 0.2) is 12.3 Å². The second kappa shape index (κ2) is 6.15. The first-order valence-corrected chi connectivity index (χ1v) is 6.61. The van der Waals surface area contributed by atoms with Gasteiger partial charge in [0.2, 0.25) is 5.15 Å². The zero-order valence-corrected chi connectivity index (χ0v) is 11.4. The Kier molecular flexibility index (Phi) is 4.51. The maximum atomic E-state index is 12.4. The quantitative estimate of drug-likeness (QED) is 0.518. The van der Waals surface area contributed by atoms with Crippen molar-refractivity contribution >= 4 is 23.2 Å². The van der Waals surface area contributed by atoms with Gasteiger partial charge in [0.05, 0.1) is 4.92 Å². The Morgan fingerprint density at radius 2 is 2.40 bits per heavy atom. The number of nitro groups is 1. The molecule has 8 heteroatoms. The number of halogens is 1. The number of pyridine rings is 1. The fourth-order valence-corrected chi connectivity index (χ4v) is 2.57. The third kappa shape index (κ3) is 2.88. The maximum absolute atomic E-state index is 12.4. The van der Waals surface area contributed by atoms with Crippen molar-refractivity contribution in [3.63, 3.8) is 0 Å². The topological polar surface area (TPSA) is 96.6 Å². The number of rotatable bonds is 3. The molecule has 1 amide bonds. The summed E-state index contributed by atoms with van der Waals surface area (Å²) in [6.45, 7) is 0.918. The molecule has 2 rings (SSSR count). The van der Waals surface area contributed by atoms with Gasteiger partial charge in [-0.1, -0.05) is 11.6 Å². The van der Waals surface area contributed by atoms with Crippen molar-refractivity contribution in [2.24, 2.45) is 5.92 Å². The molecular weight excluding hydrogens is 286 g/mol. The molecule has 1 aromatic heterocycles. The molecule has 1 aromatic rings. The Hall–Kier alpha value is -1.73. The smallest absolute Gasteiger partial charge is 0.319 e. The third-order valence-electron chi connectivity index (χ3n) is 3.36. The number of aromatic nitrogens is 1. The van der Waals surface area contributed by atoms with Gasteiger partial charge < -0.3 is 10.0 Å². The standard InChI is InChI=1S/C12H14ClN3O4/c13-11-10(16(19)20)9(3-4-14-11)12(18)15-5-1-2-8(6-15)7-17/h3-4,8,17H,1-2,5-7H2. The van der Waals surface area contributed by atoms with Crippen LogP contribution in [-0.2, 0) is 0 Å². The summed E-state index contributed by atoms with van der Waals surface area (Å²) in [6, 6.07) is 1.30. The molecule has 20 heavy (non-hydrogen) atoms. The number of carbonyl (C=O) groups excluding carboxylic acids is 1. The van der Waals surface area contributed by atoms with Crippen LogP contribution < -0.4 is 0 Å². The number of aliphatic hydroxyl groups excluding tert-OH is 1. The highest BCUT2D eigenvalue weighted by molar-refractivity contribution is 6.32. The molecule has 7 nitrogen and oxygen atoms in total. The Morgan fingerprint density at radius 1 is 1.65 bits per heavy atom. The van der Waals surface area contributed by atoms with Crippen LogP contribution in [0, 0.1) is 16.0 Å². The van der Waals surface area contributed by atoms with Gasteiger partial charge in [0, 0.05) is 25.9 Å². The molecule has 0 bridgehead atoms. The molecule has 1 saturated heterocycles. The van der Waals surface area contributed by atoms with E-state index in [4.69, 9.17) is 11.6 Å². The first-order valence-electron chi connectivity index (χ1n) is 6.23. The monoisotopic (exact) mass is 299 g/mol. The van der Waals surface area contributed by atoms with Gasteiger partial charge in [-0.05, 0) is 24.8 Å². The molecule has 1 aliphatic rings. The van der Waals surface area contributed by atoms with E-state index >= 15 is 0 Å². The largest absolute Gasteiger partial charge is 0.396 e. The predicted molar refractivity (Wildman–Crippen MR) is 71.6 cm³/mol. The molecule has 2 heterocycles. The van der Waals surface area contributed by atoms with Crippen LogP contribution in [0.1, 0.15) is 23.2 Å². The zero-order valence-electron chi connectivity index (χ0n) is 10.7. The molecular formula is C12H14ClN3O4. The highest BCUT2D eigenvalue weighted by Crippen LogP contribution is 2.28. The number of hydrogen-bond donors (Lipinski definition) is 1. The van der Waals surface area contributed by atoms with Crippen molar-refractivity contribution in [3.8, 4) is 0 Å². The number of likely N-dealkylation sites (tertiary alicyclic amines) is 1. The molecule has 1 fully saturated rings. The van der Waals surface area contributed by atoms with Crippen LogP contribution in [-0.4, -0.2) is 45.5 Å². The van der Waals surface area contributed by atoms with Crippen molar-refractivity contribution in [1.82, 2.24) is 9.88 Å². The summed E-state index contributed by atoms with van der Waals surface area (Å²) in [5.74, 6) is -0.428. The molecule has 0 spiro atoms. The minimum Gasteiger partial charge on any atom is -0.396 e. The Labute approximate surface area is 120 Å². The lowest BCUT2D eigenvalue weighted by atomic mass is 9.98. The molecule has 1 aliphatic heterocycles. The number of piperidine rings is 1. The lowest BCUT2D eigenvalue weighted by Gasteiger charge is -2.31. The Bertz CT molecular complexity index is 537. The highest BCUT2D eigenvalue weighted by atomic mass is 35.5. The van der Waals surface area contributed by atoms with Crippen LogP contribution in [0.3, 0.4) is 0 Å². The SMILES string of the molecule is O=C(c1ccnc(Cl)c1[N+](=O)[O-])N1CCCC(CO)C1. The lowest BCUT2D eigenvalue weighted by molar-refractivity contribution is -0.385. The molecule has 0 aromatic carbocycles. The third-order valence-corrected chi connectivity index (χ3v) is 3.63. The van der Waals surface area contributed by atoms with Gasteiger partial charge in [0.25, 0.3) is 5.91 Å². The van der Waals surface area contributed by atoms with Gasteiger partial charge in [0.15, 0.2) is 0 Å². The van der Waals surface area contributed by atoms with E-state index in [0.717, 1.165) is 12.8 Å². The number of nitrogens with zero attached hydrogens (tertiary/aromatic N) is 3. The van der Waals surface area contributed by atoms with E-state index in [1.165, 1.54) is 17.2 Å². The summed E-state index contributed by atoms with van der Waals surface area (Å²) in [5, 5.41) is 19.9. The minimum atomic E-state index is -0.698. The zero-order chi connectivity index (χ0) is 14.7. The van der Waals surface area contributed by atoms with Crippen LogP contribution in [0.25, 0.3) is 0 Å². The van der Waals surface area contributed by atoms with Gasteiger partial charge in [0.1, 0.15) is 5.56 Å². The van der Waals surface area contributed by atoms with Crippen molar-refractivity contribution in [2.45, 2.75) is 12.8 Å². The summed E-state index contributed by atoms with van der Waals surface area (Å²) in [6.07, 6.45) is 2.89. The summed E-state index contributed by atoms with van der Waals surface area (Å²) >= 11 is 5.70. The Morgan fingerprint density at radius 3 is 3.05 bits per heavy atom. The molecule has 0 saturated carbocycles. The summed E-state index contributed by atoms with van der Waals surface area (Å²) in [7, 11) is 0. The van der Waals surface area contributed by atoms with Gasteiger partial charge in [-0.2, -0.15) is 0 Å². The average molecular weight is 300 g/mol. The van der Waals surface area contributed by atoms with Crippen molar-refractivity contribution in [3.05, 3.63) is 33.1 Å². The second-order valence-corrected chi connectivity index (χ2v) is 5.06. The van der Waals surface area contributed by atoms with Crippen LogP contribution in [0.2, 0.25) is 5.15 Å². The number of aliphatic hydroxyl groups is 1. The number of amides is 1. The first-order chi connectivity index (χ1) is 9.54. The number of hydrogen-bond acceptors (Lipinski definition) is 5. The van der Waals surface area contributed by atoms with E-state index in [2.05, 4.69) is 4.98 Å². The average Bonchev–Trinajstić information content (AvgIpc) is 2.45. The van der Waals surface area contributed by atoms with Gasteiger partial charge in [-0.25, -0.2) is 4.98 Å². The highest BCUT2D eigenvalue weighted by Gasteiger charge is 2.30. The van der Waals surface area contributed by atoms with Crippen LogP contribution in [0.5, 0.6) is 0 Å². The summed E-state index contributed by atoms with van der Waals surface area (Å²) < 4.78 is 0. The van der Waals surface area contributed by atoms with Gasteiger partial charge >= 0.3 is 5.69 Å². The van der Waals surface area contributed by atoms with Crippen molar-refractivity contribution in [2.75, 3.05) is 19.7 Å². The minimum absolute atomic E-state index is 0.00295. The van der Waals surface area contributed by atoms with Gasteiger partial charge in [-0.3, -0.25) is 14.9 Å². The fraction of sp³-hybridized carbons (Fsp3) is 0.500. The molecule has 1 unspecified atom stereocenters. The van der Waals surface area contributed by atoms with Crippen molar-refractivity contribution in [1.29, 1.82) is 0 Å². The summed E-state index contributed by atoms with van der Waals surface area (Å²) in [5.41, 5.74) is -0.529. The van der Waals surface area contributed by atoms with Crippen molar-refractivity contribution < 1.29 is 14.8 Å². The lowest BCUT2D eigenvalue weighted by Crippen LogP contribution is -2.41. The fourth-order valence-electron chi connectivity index (χ4n) is 2.34. The van der Waals surface area contributed by atoms with Gasteiger partial charge in [-0.15, -0.1) is 0 Å². The summed E-state index contributed by atoms with van der Waals surface area (Å²) in [4.78, 5) is 27.9. The van der Waals surface area contributed by atoms with E-state index in [0.29, 0.717) is 13.1 Å². The van der Waals surface area contributed by atoms with Crippen LogP contribution >= 0.6 is 11.6 Å². The molecule has 1 N–H and O–H groups in total. The van der Waals surface area contributed by atoms with E-state index in [1.54, 1.807) is 0 Å². The van der Waals surface area contributed by atoms with E-state index in [9.17, 15) is 20.0 Å². The number of carbonyl (C=O) groups is 1. The van der Waals surface area contributed by atoms with Crippen LogP contribution in [0.4, 0.5) is 5.69 Å². The van der Waals surface area contributed by atoms with E-state index in [-0.39, 0.29) is 23.2 Å². The molecule has 0 radical (unpaired) electrons. The second-order valence-electron chi connectivity index (χ2n) is 4.70. The predicted octanol–water partition coefficient (Wildman–Crippen LogP) is 1.49. The first kappa shape index (κ1) is 14.7. The Balaban J connectivity index is 2.29.